The van der Waals surface area contributed by atoms with Gasteiger partial charge >= 0.3 is 5.97 Å². The number of rotatable bonds is 8. The number of halogens is 1. The molecule has 1 aliphatic rings. The quantitative estimate of drug-likeness (QED) is 0.230. The van der Waals surface area contributed by atoms with Crippen molar-refractivity contribution in [3.05, 3.63) is 114 Å². The summed E-state index contributed by atoms with van der Waals surface area (Å²) in [6.45, 7) is 2.25. The first-order chi connectivity index (χ1) is 16.1. The van der Waals surface area contributed by atoms with Crippen LogP contribution in [0.5, 0.6) is 0 Å². The van der Waals surface area contributed by atoms with E-state index in [9.17, 15) is 9.59 Å². The number of carbonyl (C=O) groups is 2. The highest BCUT2D eigenvalue weighted by atomic mass is 35.5. The van der Waals surface area contributed by atoms with Gasteiger partial charge in [0.1, 0.15) is 5.60 Å². The van der Waals surface area contributed by atoms with Crippen LogP contribution in [0.1, 0.15) is 40.7 Å². The molecule has 5 heteroatoms. The van der Waals surface area contributed by atoms with Crippen molar-refractivity contribution < 1.29 is 14.3 Å². The first-order valence-electron chi connectivity index (χ1n) is 11.5. The molecule has 0 saturated carbocycles. The predicted octanol–water partition coefficient (Wildman–Crippen LogP) is 5.93. The molecule has 0 bridgehead atoms. The molecule has 0 aromatic heterocycles. The van der Waals surface area contributed by atoms with Crippen molar-refractivity contribution in [1.82, 2.24) is 4.90 Å². The Morgan fingerprint density at radius 1 is 0.824 bits per heavy atom. The van der Waals surface area contributed by atoms with Crippen LogP contribution in [0.25, 0.3) is 6.08 Å². The van der Waals surface area contributed by atoms with E-state index in [-0.39, 0.29) is 24.2 Å². The summed E-state index contributed by atoms with van der Waals surface area (Å²) in [5, 5.41) is 0. The summed E-state index contributed by atoms with van der Waals surface area (Å²) in [6.07, 6.45) is 5.17. The minimum atomic E-state index is -0.653. The number of hydrogen-bond acceptors (Lipinski definition) is 4. The number of hydrogen-bond donors (Lipinski definition) is 0. The summed E-state index contributed by atoms with van der Waals surface area (Å²) in [6, 6.07) is 29.1. The SMILES string of the molecule is Cl.O=C(/C=C/c1ccccc1)OC1(c2ccccc2)CCN(CCC(=O)c2ccccc2)CC1. The molecule has 3 aromatic carbocycles. The molecule has 176 valence electrons. The molecule has 0 atom stereocenters. The number of carbonyl (C=O) groups excluding carboxylic acids is 2. The molecule has 0 N–H and O–H groups in total. The van der Waals surface area contributed by atoms with Crippen LogP contribution in [0.2, 0.25) is 0 Å². The lowest BCUT2D eigenvalue weighted by Crippen LogP contribution is -2.45. The third-order valence-electron chi connectivity index (χ3n) is 6.22. The molecule has 3 aromatic rings. The second-order valence-electron chi connectivity index (χ2n) is 8.41. The molecule has 1 saturated heterocycles. The Bertz CT molecular complexity index is 1080. The third kappa shape index (κ3) is 6.66. The number of ketones is 1. The second kappa shape index (κ2) is 12.3. The molecule has 1 aliphatic heterocycles. The molecule has 1 heterocycles. The zero-order chi connectivity index (χ0) is 22.9. The van der Waals surface area contributed by atoms with Crippen LogP contribution in [0, 0.1) is 0 Å². The largest absolute Gasteiger partial charge is 0.451 e. The first kappa shape index (κ1) is 25.4. The van der Waals surface area contributed by atoms with Crippen molar-refractivity contribution in [2.45, 2.75) is 24.9 Å². The summed E-state index contributed by atoms with van der Waals surface area (Å²) in [5.41, 5.74) is 2.08. The van der Waals surface area contributed by atoms with E-state index < -0.39 is 5.60 Å². The van der Waals surface area contributed by atoms with Gasteiger partial charge in [-0.25, -0.2) is 4.79 Å². The van der Waals surface area contributed by atoms with Gasteiger partial charge in [0.05, 0.1) is 0 Å². The number of Topliss-reactive ketones (excluding diaryl/α,β-unsaturated/α-hetero) is 1. The number of esters is 1. The summed E-state index contributed by atoms with van der Waals surface area (Å²) >= 11 is 0. The van der Waals surface area contributed by atoms with Gasteiger partial charge in [-0.2, -0.15) is 0 Å². The van der Waals surface area contributed by atoms with Crippen LogP contribution in [-0.4, -0.2) is 36.3 Å². The fourth-order valence-corrected chi connectivity index (χ4v) is 4.31. The van der Waals surface area contributed by atoms with Crippen molar-refractivity contribution >= 4 is 30.2 Å². The van der Waals surface area contributed by atoms with E-state index in [1.807, 2.05) is 91.0 Å². The molecule has 0 spiro atoms. The Morgan fingerprint density at radius 2 is 1.38 bits per heavy atom. The van der Waals surface area contributed by atoms with Crippen LogP contribution < -0.4 is 0 Å². The second-order valence-corrected chi connectivity index (χ2v) is 8.41. The number of benzene rings is 3. The Labute approximate surface area is 207 Å². The van der Waals surface area contributed by atoms with E-state index in [4.69, 9.17) is 4.74 Å². The highest BCUT2D eigenvalue weighted by Gasteiger charge is 2.39. The van der Waals surface area contributed by atoms with Crippen LogP contribution in [-0.2, 0) is 15.1 Å². The lowest BCUT2D eigenvalue weighted by molar-refractivity contribution is -0.160. The minimum Gasteiger partial charge on any atom is -0.451 e. The molecule has 0 amide bonds. The van der Waals surface area contributed by atoms with E-state index in [1.165, 1.54) is 6.08 Å². The van der Waals surface area contributed by atoms with Crippen LogP contribution in [0.3, 0.4) is 0 Å². The average Bonchev–Trinajstić information content (AvgIpc) is 2.88. The fraction of sp³-hybridized carbons (Fsp3) is 0.241. The molecule has 1 fully saturated rings. The molecule has 34 heavy (non-hydrogen) atoms. The topological polar surface area (TPSA) is 46.6 Å². The zero-order valence-corrected chi connectivity index (χ0v) is 20.0. The van der Waals surface area contributed by atoms with Gasteiger partial charge in [0.15, 0.2) is 5.78 Å². The van der Waals surface area contributed by atoms with Gasteiger partial charge in [0.25, 0.3) is 0 Å². The smallest absolute Gasteiger partial charge is 0.331 e. The normalized spacial score (nSPS) is 15.4. The summed E-state index contributed by atoms with van der Waals surface area (Å²) < 4.78 is 6.11. The molecule has 0 aliphatic carbocycles. The van der Waals surface area contributed by atoms with E-state index >= 15 is 0 Å². The lowest BCUT2D eigenvalue weighted by Gasteiger charge is -2.41. The van der Waals surface area contributed by atoms with Gasteiger partial charge in [0.2, 0.25) is 0 Å². The third-order valence-corrected chi connectivity index (χ3v) is 6.22. The number of nitrogens with zero attached hydrogens (tertiary/aromatic N) is 1. The maximum absolute atomic E-state index is 12.7. The zero-order valence-electron chi connectivity index (χ0n) is 19.1. The average molecular weight is 476 g/mol. The molecule has 0 unspecified atom stereocenters. The lowest BCUT2D eigenvalue weighted by atomic mass is 9.84. The van der Waals surface area contributed by atoms with Gasteiger partial charge in [-0.05, 0) is 17.2 Å². The van der Waals surface area contributed by atoms with Crippen molar-refractivity contribution in [1.29, 1.82) is 0 Å². The molecular weight excluding hydrogens is 446 g/mol. The van der Waals surface area contributed by atoms with Gasteiger partial charge in [-0.15, -0.1) is 12.4 Å². The molecule has 0 radical (unpaired) electrons. The Balaban J connectivity index is 0.00000324. The molecular formula is C29H30ClNO3. The van der Waals surface area contributed by atoms with E-state index in [0.717, 1.165) is 29.8 Å². The Kier molecular flexibility index (Phi) is 9.20. The first-order valence-corrected chi connectivity index (χ1v) is 11.5. The van der Waals surface area contributed by atoms with Crippen molar-refractivity contribution in [2.75, 3.05) is 19.6 Å². The summed E-state index contributed by atoms with van der Waals surface area (Å²) in [4.78, 5) is 27.5. The maximum atomic E-state index is 12.7. The van der Waals surface area contributed by atoms with Gasteiger partial charge in [0, 0.05) is 50.5 Å². The monoisotopic (exact) mass is 475 g/mol. The van der Waals surface area contributed by atoms with Gasteiger partial charge in [-0.3, -0.25) is 4.79 Å². The summed E-state index contributed by atoms with van der Waals surface area (Å²) in [7, 11) is 0. The summed E-state index contributed by atoms with van der Waals surface area (Å²) in [5.74, 6) is -0.177. The predicted molar refractivity (Wildman–Crippen MR) is 138 cm³/mol. The van der Waals surface area contributed by atoms with Crippen LogP contribution >= 0.6 is 12.4 Å². The van der Waals surface area contributed by atoms with Crippen LogP contribution in [0.15, 0.2) is 97.1 Å². The van der Waals surface area contributed by atoms with Crippen molar-refractivity contribution in [2.24, 2.45) is 0 Å². The number of ether oxygens (including phenoxy) is 1. The van der Waals surface area contributed by atoms with Gasteiger partial charge in [-0.1, -0.05) is 91.0 Å². The van der Waals surface area contributed by atoms with E-state index in [2.05, 4.69) is 4.90 Å². The van der Waals surface area contributed by atoms with E-state index in [0.29, 0.717) is 25.8 Å². The maximum Gasteiger partial charge on any atom is 0.331 e. The van der Waals surface area contributed by atoms with Crippen molar-refractivity contribution in [3.63, 3.8) is 0 Å². The number of likely N-dealkylation sites (tertiary alicyclic amines) is 1. The molecule has 4 rings (SSSR count). The van der Waals surface area contributed by atoms with Gasteiger partial charge < -0.3 is 9.64 Å². The Morgan fingerprint density at radius 3 is 2.00 bits per heavy atom. The van der Waals surface area contributed by atoms with E-state index in [1.54, 1.807) is 6.08 Å². The highest BCUT2D eigenvalue weighted by molar-refractivity contribution is 5.96. The van der Waals surface area contributed by atoms with Crippen LogP contribution in [0.4, 0.5) is 0 Å². The minimum absolute atomic E-state index is 0. The number of piperidine rings is 1. The van der Waals surface area contributed by atoms with Crippen molar-refractivity contribution in [3.8, 4) is 0 Å². The fourth-order valence-electron chi connectivity index (χ4n) is 4.31. The Hall–Kier alpha value is -3.21. The standard InChI is InChI=1S/C29H29NO3.ClH/c31-27(25-12-6-2-7-13-25)18-21-30-22-19-29(20-23-30,26-14-8-3-9-15-26)33-28(32)17-16-24-10-4-1-5-11-24;/h1-17H,18-23H2;1H/b17-16+;. The highest BCUT2D eigenvalue weighted by Crippen LogP contribution is 2.37. The molecule has 4 nitrogen and oxygen atoms in total.